The van der Waals surface area contributed by atoms with Crippen LogP contribution >= 0.6 is 63.7 Å². The van der Waals surface area contributed by atoms with Gasteiger partial charge in [-0.1, -0.05) is 26.5 Å². The third-order valence-corrected chi connectivity index (χ3v) is 7.05. The molecule has 168 valence electrons. The molecule has 0 amide bonds. The first kappa shape index (κ1) is 26.4. The van der Waals surface area contributed by atoms with Gasteiger partial charge >= 0.3 is 5.97 Å². The van der Waals surface area contributed by atoms with Gasteiger partial charge in [0, 0.05) is 5.41 Å². The van der Waals surface area contributed by atoms with Crippen molar-refractivity contribution in [3.8, 4) is 11.5 Å². The number of benzene rings is 2. The van der Waals surface area contributed by atoms with Gasteiger partial charge in [0.2, 0.25) is 0 Å². The summed E-state index contributed by atoms with van der Waals surface area (Å²) in [6.45, 7) is 12.1. The van der Waals surface area contributed by atoms with Crippen LogP contribution in [0.1, 0.15) is 38.8 Å². The molecule has 0 aromatic heterocycles. The Morgan fingerprint density at radius 1 is 1.00 bits per heavy atom. The number of hydrogen-bond acceptors (Lipinski definition) is 4. The third-order valence-electron chi connectivity index (χ3n) is 4.70. The Balaban J connectivity index is 2.39. The lowest BCUT2D eigenvalue weighted by atomic mass is 9.78. The highest BCUT2D eigenvalue weighted by Gasteiger charge is 2.28. The van der Waals surface area contributed by atoms with E-state index in [1.807, 2.05) is 12.1 Å². The molecule has 0 N–H and O–H groups in total. The summed E-state index contributed by atoms with van der Waals surface area (Å²) in [7, 11) is 0. The molecule has 2 aromatic rings. The number of carbonyl (C=O) groups excluding carboxylic acids is 1. The first-order valence-electron chi connectivity index (χ1n) is 9.58. The maximum atomic E-state index is 11.9. The first-order chi connectivity index (χ1) is 14.5. The van der Waals surface area contributed by atoms with E-state index in [4.69, 9.17) is 14.2 Å². The topological polar surface area (TPSA) is 44.8 Å². The zero-order valence-electron chi connectivity index (χ0n) is 17.7. The van der Waals surface area contributed by atoms with Crippen LogP contribution < -0.4 is 9.47 Å². The van der Waals surface area contributed by atoms with Crippen LogP contribution in [0.15, 0.2) is 54.8 Å². The average molecular weight is 684 g/mol. The Morgan fingerprint density at radius 2 is 1.45 bits per heavy atom. The Kier molecular flexibility index (Phi) is 9.67. The molecule has 0 saturated heterocycles. The van der Waals surface area contributed by atoms with E-state index in [0.717, 1.165) is 34.8 Å². The van der Waals surface area contributed by atoms with Crippen molar-refractivity contribution in [3.63, 3.8) is 0 Å². The summed E-state index contributed by atoms with van der Waals surface area (Å²) in [5.74, 6) is 0.883. The number of ether oxygens (including phenoxy) is 3. The lowest BCUT2D eigenvalue weighted by Gasteiger charge is -2.28. The molecule has 31 heavy (non-hydrogen) atoms. The normalized spacial score (nSPS) is 12.3. The first-order valence-corrected chi connectivity index (χ1v) is 12.8. The standard InChI is InChI=1S/C23H24Br4O4/c1-6-8-30-20-16(24)9-14(10-17(20)25)23(4,5)15-11-18(26)21(19(27)12-15)31-13(3)22(28)29-7-2/h6,9-13H,1,7-8H2,2-5H3. The van der Waals surface area contributed by atoms with Gasteiger partial charge in [-0.3, -0.25) is 0 Å². The van der Waals surface area contributed by atoms with E-state index in [0.29, 0.717) is 19.0 Å². The summed E-state index contributed by atoms with van der Waals surface area (Å²) in [6, 6.07) is 8.11. The van der Waals surface area contributed by atoms with Crippen molar-refractivity contribution in [2.24, 2.45) is 0 Å². The van der Waals surface area contributed by atoms with Crippen molar-refractivity contribution in [1.29, 1.82) is 0 Å². The Bertz CT molecular complexity index is 926. The smallest absolute Gasteiger partial charge is 0.347 e. The molecule has 0 radical (unpaired) electrons. The minimum Gasteiger partial charge on any atom is -0.487 e. The monoisotopic (exact) mass is 680 g/mol. The molecule has 0 saturated carbocycles. The molecule has 2 rings (SSSR count). The lowest BCUT2D eigenvalue weighted by molar-refractivity contribution is -0.150. The number of carbonyl (C=O) groups is 1. The number of rotatable bonds is 9. The van der Waals surface area contributed by atoms with Gasteiger partial charge in [0.05, 0.1) is 24.5 Å². The van der Waals surface area contributed by atoms with Gasteiger partial charge in [0.25, 0.3) is 0 Å². The largest absolute Gasteiger partial charge is 0.487 e. The summed E-state index contributed by atoms with van der Waals surface area (Å²) in [5.41, 5.74) is 1.81. The zero-order valence-corrected chi connectivity index (χ0v) is 24.1. The van der Waals surface area contributed by atoms with Crippen LogP contribution in [0.4, 0.5) is 0 Å². The van der Waals surface area contributed by atoms with E-state index in [2.05, 4.69) is 96.3 Å². The van der Waals surface area contributed by atoms with E-state index in [1.54, 1.807) is 19.9 Å². The van der Waals surface area contributed by atoms with Gasteiger partial charge in [-0.05, 0) is 113 Å². The second-order valence-corrected chi connectivity index (χ2v) is 10.7. The summed E-state index contributed by atoms with van der Waals surface area (Å²) in [5, 5.41) is 0. The lowest BCUT2D eigenvalue weighted by Crippen LogP contribution is -2.26. The van der Waals surface area contributed by atoms with Crippen molar-refractivity contribution in [1.82, 2.24) is 0 Å². The molecule has 8 heteroatoms. The zero-order chi connectivity index (χ0) is 23.3. The molecule has 0 aliphatic heterocycles. The maximum Gasteiger partial charge on any atom is 0.347 e. The van der Waals surface area contributed by atoms with Gasteiger partial charge < -0.3 is 14.2 Å². The fourth-order valence-corrected chi connectivity index (χ4v) is 5.67. The molecule has 0 heterocycles. The molecule has 0 fully saturated rings. The van der Waals surface area contributed by atoms with E-state index < -0.39 is 12.1 Å². The van der Waals surface area contributed by atoms with Crippen molar-refractivity contribution < 1.29 is 19.0 Å². The minimum atomic E-state index is -0.721. The third kappa shape index (κ3) is 6.36. The number of halogens is 4. The number of esters is 1. The van der Waals surface area contributed by atoms with Crippen LogP contribution in [0, 0.1) is 0 Å². The summed E-state index contributed by atoms with van der Waals surface area (Å²) >= 11 is 14.4. The van der Waals surface area contributed by atoms with Crippen molar-refractivity contribution in [2.75, 3.05) is 13.2 Å². The van der Waals surface area contributed by atoms with E-state index in [-0.39, 0.29) is 5.41 Å². The molecule has 2 aromatic carbocycles. The highest BCUT2D eigenvalue weighted by atomic mass is 79.9. The highest BCUT2D eigenvalue weighted by molar-refractivity contribution is 9.11. The van der Waals surface area contributed by atoms with Crippen molar-refractivity contribution in [3.05, 3.63) is 65.9 Å². The number of hydrogen-bond donors (Lipinski definition) is 0. The molecule has 0 bridgehead atoms. The van der Waals surface area contributed by atoms with Crippen LogP contribution in [0.2, 0.25) is 0 Å². The van der Waals surface area contributed by atoms with Crippen LogP contribution in [0.25, 0.3) is 0 Å². The molecular weight excluding hydrogens is 660 g/mol. The van der Waals surface area contributed by atoms with E-state index in [1.165, 1.54) is 0 Å². The molecule has 1 unspecified atom stereocenters. The van der Waals surface area contributed by atoms with Crippen LogP contribution in [0.5, 0.6) is 11.5 Å². The Morgan fingerprint density at radius 3 is 1.87 bits per heavy atom. The van der Waals surface area contributed by atoms with Gasteiger partial charge in [0.15, 0.2) is 6.10 Å². The summed E-state index contributed by atoms with van der Waals surface area (Å²) in [4.78, 5) is 11.9. The molecule has 0 spiro atoms. The van der Waals surface area contributed by atoms with Gasteiger partial charge in [0.1, 0.15) is 18.1 Å². The fourth-order valence-electron chi connectivity index (χ4n) is 2.89. The van der Waals surface area contributed by atoms with E-state index >= 15 is 0 Å². The predicted octanol–water partition coefficient (Wildman–Crippen LogP) is 7.96. The van der Waals surface area contributed by atoms with Crippen LogP contribution in [-0.2, 0) is 14.9 Å². The second kappa shape index (κ2) is 11.3. The SMILES string of the molecule is C=CCOc1c(Br)cc(C(C)(C)c2cc(Br)c(OC(C)C(=O)OCC)c(Br)c2)cc1Br. The van der Waals surface area contributed by atoms with Crippen LogP contribution in [-0.4, -0.2) is 25.3 Å². The quantitative estimate of drug-likeness (QED) is 0.199. The highest BCUT2D eigenvalue weighted by Crippen LogP contribution is 2.44. The van der Waals surface area contributed by atoms with Gasteiger partial charge in [-0.15, -0.1) is 0 Å². The summed E-state index contributed by atoms with van der Waals surface area (Å²) < 4.78 is 19.8. The Labute approximate surface area is 217 Å². The predicted molar refractivity (Wildman–Crippen MR) is 138 cm³/mol. The average Bonchev–Trinajstić information content (AvgIpc) is 2.69. The maximum absolute atomic E-state index is 11.9. The van der Waals surface area contributed by atoms with Gasteiger partial charge in [-0.2, -0.15) is 0 Å². The molecular formula is C23H24Br4O4. The Hall–Kier alpha value is -0.830. The van der Waals surface area contributed by atoms with Crippen molar-refractivity contribution >= 4 is 69.7 Å². The minimum absolute atomic E-state index is 0.310. The molecule has 4 nitrogen and oxygen atoms in total. The van der Waals surface area contributed by atoms with E-state index in [9.17, 15) is 4.79 Å². The second-order valence-electron chi connectivity index (χ2n) is 7.27. The van der Waals surface area contributed by atoms with Crippen LogP contribution in [0.3, 0.4) is 0 Å². The summed E-state index contributed by atoms with van der Waals surface area (Å²) in [6.07, 6.45) is 0.986. The van der Waals surface area contributed by atoms with Crippen molar-refractivity contribution in [2.45, 2.75) is 39.2 Å². The molecule has 0 aliphatic carbocycles. The fraction of sp³-hybridized carbons (Fsp3) is 0.348. The molecule has 1 atom stereocenters. The molecule has 0 aliphatic rings. The van der Waals surface area contributed by atoms with Gasteiger partial charge in [-0.25, -0.2) is 4.79 Å².